The summed E-state index contributed by atoms with van der Waals surface area (Å²) in [5, 5.41) is 3.16. The Labute approximate surface area is 192 Å². The van der Waals surface area contributed by atoms with Crippen LogP contribution in [0.25, 0.3) is 0 Å². The molecule has 5 heteroatoms. The number of amides is 2. The summed E-state index contributed by atoms with van der Waals surface area (Å²) in [7, 11) is 0. The largest absolute Gasteiger partial charge is 0.484 e. The molecule has 0 unspecified atom stereocenters. The maximum absolute atomic E-state index is 13.2. The van der Waals surface area contributed by atoms with E-state index in [9.17, 15) is 9.59 Å². The minimum absolute atomic E-state index is 0.0924. The predicted octanol–water partition coefficient (Wildman–Crippen LogP) is 4.80. The number of carbonyl (C=O) groups excluding carboxylic acids is 2. The molecule has 5 nitrogen and oxygen atoms in total. The Morgan fingerprint density at radius 3 is 2.44 bits per heavy atom. The Balaban J connectivity index is 1.69. The number of aryl methyl sites for hydroxylation is 2. The second-order valence-electron chi connectivity index (χ2n) is 8.82. The minimum Gasteiger partial charge on any atom is -0.484 e. The summed E-state index contributed by atoms with van der Waals surface area (Å²) in [5.74, 6) is 0.368. The third-order valence-corrected chi connectivity index (χ3v) is 6.25. The van der Waals surface area contributed by atoms with Crippen molar-refractivity contribution >= 4 is 11.8 Å². The van der Waals surface area contributed by atoms with Gasteiger partial charge in [-0.2, -0.15) is 0 Å². The Morgan fingerprint density at radius 1 is 1.06 bits per heavy atom. The summed E-state index contributed by atoms with van der Waals surface area (Å²) < 4.78 is 5.77. The van der Waals surface area contributed by atoms with Crippen molar-refractivity contribution in [1.29, 1.82) is 0 Å². The first-order valence-corrected chi connectivity index (χ1v) is 11.8. The van der Waals surface area contributed by atoms with Crippen molar-refractivity contribution in [3.8, 4) is 5.75 Å². The Kier molecular flexibility index (Phi) is 8.72. The van der Waals surface area contributed by atoms with Crippen molar-refractivity contribution in [3.05, 3.63) is 65.2 Å². The van der Waals surface area contributed by atoms with Crippen LogP contribution in [-0.4, -0.2) is 35.4 Å². The van der Waals surface area contributed by atoms with Crippen LogP contribution in [0.15, 0.2) is 48.5 Å². The molecule has 32 heavy (non-hydrogen) atoms. The van der Waals surface area contributed by atoms with Gasteiger partial charge in [0.1, 0.15) is 11.8 Å². The molecule has 1 atom stereocenters. The molecule has 1 N–H and O–H groups in total. The number of benzene rings is 2. The number of nitrogens with zero attached hydrogens (tertiary/aromatic N) is 1. The maximum Gasteiger partial charge on any atom is 0.261 e. The quantitative estimate of drug-likeness (QED) is 0.614. The molecule has 0 aliphatic heterocycles. The van der Waals surface area contributed by atoms with E-state index in [1.54, 1.807) is 4.90 Å². The van der Waals surface area contributed by atoms with Gasteiger partial charge in [0.15, 0.2) is 6.61 Å². The third kappa shape index (κ3) is 6.84. The van der Waals surface area contributed by atoms with E-state index >= 15 is 0 Å². The highest BCUT2D eigenvalue weighted by molar-refractivity contribution is 5.88. The molecule has 0 aromatic heterocycles. The molecule has 2 aromatic carbocycles. The monoisotopic (exact) mass is 436 g/mol. The maximum atomic E-state index is 13.2. The van der Waals surface area contributed by atoms with Gasteiger partial charge in [-0.15, -0.1) is 0 Å². The van der Waals surface area contributed by atoms with Crippen molar-refractivity contribution in [1.82, 2.24) is 10.2 Å². The smallest absolute Gasteiger partial charge is 0.261 e. The lowest BCUT2D eigenvalue weighted by Gasteiger charge is -2.31. The van der Waals surface area contributed by atoms with Gasteiger partial charge in [-0.05, 0) is 56.4 Å². The number of ether oxygens (including phenoxy) is 1. The normalized spacial score (nSPS) is 15.1. The summed E-state index contributed by atoms with van der Waals surface area (Å²) in [6.07, 6.45) is 6.52. The van der Waals surface area contributed by atoms with Crippen molar-refractivity contribution in [2.75, 3.05) is 6.61 Å². The zero-order chi connectivity index (χ0) is 22.9. The topological polar surface area (TPSA) is 58.6 Å². The van der Waals surface area contributed by atoms with E-state index in [1.165, 1.54) is 12.0 Å². The summed E-state index contributed by atoms with van der Waals surface area (Å²) in [5.41, 5.74) is 3.35. The molecule has 0 saturated heterocycles. The van der Waals surface area contributed by atoms with Crippen molar-refractivity contribution < 1.29 is 14.3 Å². The number of hydrogen-bond acceptors (Lipinski definition) is 3. The highest BCUT2D eigenvalue weighted by atomic mass is 16.5. The van der Waals surface area contributed by atoms with E-state index in [0.29, 0.717) is 12.3 Å². The molecule has 0 radical (unpaired) electrons. The van der Waals surface area contributed by atoms with Crippen LogP contribution in [0.4, 0.5) is 0 Å². The average Bonchev–Trinajstić information content (AvgIpc) is 2.81. The van der Waals surface area contributed by atoms with Crippen LogP contribution >= 0.6 is 0 Å². The Hall–Kier alpha value is -2.82. The molecule has 3 rings (SSSR count). The van der Waals surface area contributed by atoms with Gasteiger partial charge in [0, 0.05) is 12.6 Å². The van der Waals surface area contributed by atoms with E-state index in [-0.39, 0.29) is 24.5 Å². The summed E-state index contributed by atoms with van der Waals surface area (Å²) >= 11 is 0. The number of carbonyl (C=O) groups is 2. The molecule has 172 valence electrons. The van der Waals surface area contributed by atoms with E-state index in [0.717, 1.165) is 43.2 Å². The molecule has 0 bridgehead atoms. The van der Waals surface area contributed by atoms with Gasteiger partial charge in [0.25, 0.3) is 5.91 Å². The van der Waals surface area contributed by atoms with Gasteiger partial charge >= 0.3 is 0 Å². The van der Waals surface area contributed by atoms with E-state index in [1.807, 2.05) is 56.3 Å². The fraction of sp³-hybridized carbons (Fsp3) is 0.481. The molecular weight excluding hydrogens is 400 g/mol. The first-order valence-electron chi connectivity index (χ1n) is 11.8. The van der Waals surface area contributed by atoms with Gasteiger partial charge < -0.3 is 15.0 Å². The Morgan fingerprint density at radius 2 is 1.78 bits per heavy atom. The fourth-order valence-corrected chi connectivity index (χ4v) is 4.21. The minimum atomic E-state index is -0.573. The summed E-state index contributed by atoms with van der Waals surface area (Å²) in [6, 6.07) is 15.5. The molecule has 2 amide bonds. The van der Waals surface area contributed by atoms with Crippen LogP contribution in [0.3, 0.4) is 0 Å². The third-order valence-electron chi connectivity index (χ3n) is 6.25. The second-order valence-corrected chi connectivity index (χ2v) is 8.82. The zero-order valence-corrected chi connectivity index (χ0v) is 19.6. The number of nitrogens with one attached hydrogen (secondary N) is 1. The highest BCUT2D eigenvalue weighted by Crippen LogP contribution is 2.19. The molecule has 2 aromatic rings. The standard InChI is InChI=1S/C27H36N2O3/c1-4-22-13-15-25(16-14-22)32-19-26(30)29(18-23-10-8-9-20(2)17-23)21(3)27(31)28-24-11-6-5-7-12-24/h8-10,13-17,21,24H,4-7,11-12,18-19H2,1-3H3,(H,28,31)/t21-/m0/s1. The van der Waals surface area contributed by atoms with Gasteiger partial charge in [-0.3, -0.25) is 9.59 Å². The SMILES string of the molecule is CCc1ccc(OCC(=O)N(Cc2cccc(C)c2)[C@@H](C)C(=O)NC2CCCCC2)cc1. The van der Waals surface area contributed by atoms with Crippen LogP contribution < -0.4 is 10.1 Å². The van der Waals surface area contributed by atoms with Crippen LogP contribution in [-0.2, 0) is 22.6 Å². The molecule has 1 aliphatic rings. The van der Waals surface area contributed by atoms with Gasteiger partial charge in [-0.1, -0.05) is 68.1 Å². The van der Waals surface area contributed by atoms with Crippen LogP contribution in [0, 0.1) is 6.92 Å². The Bertz CT molecular complexity index is 888. The molecule has 0 spiro atoms. The van der Waals surface area contributed by atoms with Crippen molar-refractivity contribution in [2.45, 2.75) is 77.9 Å². The van der Waals surface area contributed by atoms with E-state index in [4.69, 9.17) is 4.74 Å². The van der Waals surface area contributed by atoms with Gasteiger partial charge in [0.2, 0.25) is 5.91 Å². The number of hydrogen-bond donors (Lipinski definition) is 1. The predicted molar refractivity (Wildman–Crippen MR) is 128 cm³/mol. The average molecular weight is 437 g/mol. The van der Waals surface area contributed by atoms with Crippen LogP contribution in [0.1, 0.15) is 62.6 Å². The van der Waals surface area contributed by atoms with E-state index < -0.39 is 6.04 Å². The second kappa shape index (κ2) is 11.7. The van der Waals surface area contributed by atoms with Crippen LogP contribution in [0.5, 0.6) is 5.75 Å². The zero-order valence-electron chi connectivity index (χ0n) is 19.6. The number of rotatable bonds is 9. The van der Waals surface area contributed by atoms with Gasteiger partial charge in [0.05, 0.1) is 0 Å². The molecule has 0 heterocycles. The molecule has 1 aliphatic carbocycles. The van der Waals surface area contributed by atoms with Gasteiger partial charge in [-0.25, -0.2) is 0 Å². The lowest BCUT2D eigenvalue weighted by atomic mass is 9.95. The lowest BCUT2D eigenvalue weighted by Crippen LogP contribution is -2.51. The molecule has 1 fully saturated rings. The first-order chi connectivity index (χ1) is 15.5. The van der Waals surface area contributed by atoms with Crippen molar-refractivity contribution in [3.63, 3.8) is 0 Å². The molecular formula is C27H36N2O3. The van der Waals surface area contributed by atoms with Crippen LogP contribution in [0.2, 0.25) is 0 Å². The fourth-order valence-electron chi connectivity index (χ4n) is 4.21. The highest BCUT2D eigenvalue weighted by Gasteiger charge is 2.28. The molecule has 1 saturated carbocycles. The first kappa shape index (κ1) is 23.8. The lowest BCUT2D eigenvalue weighted by molar-refractivity contribution is -0.142. The van der Waals surface area contributed by atoms with Crippen molar-refractivity contribution in [2.24, 2.45) is 0 Å². The summed E-state index contributed by atoms with van der Waals surface area (Å²) in [6.45, 7) is 6.21. The summed E-state index contributed by atoms with van der Waals surface area (Å²) in [4.78, 5) is 27.8. The van der Waals surface area contributed by atoms with E-state index in [2.05, 4.69) is 18.3 Å².